The molecule has 3 aromatic rings. The standard InChI is InChI=1S/C20H15F5N4O4/c1-10(30)26-16-8-12(4-6-14(16)21)29-19(32)28(18(31)17(27-29)33-2)9-11-3-5-13(15(22)7-11)20(23,24)25/h3-8H,9H2,1-2H3,(H,26,30). The van der Waals surface area contributed by atoms with Gasteiger partial charge in [0.15, 0.2) is 0 Å². The van der Waals surface area contributed by atoms with Crippen molar-refractivity contribution in [3.63, 3.8) is 0 Å². The van der Waals surface area contributed by atoms with E-state index in [1.165, 1.54) is 0 Å². The summed E-state index contributed by atoms with van der Waals surface area (Å²) in [5.74, 6) is -3.53. The van der Waals surface area contributed by atoms with E-state index in [2.05, 4.69) is 10.4 Å². The minimum atomic E-state index is -4.92. The van der Waals surface area contributed by atoms with Crippen molar-refractivity contribution >= 4 is 11.6 Å². The van der Waals surface area contributed by atoms with Crippen molar-refractivity contribution in [1.82, 2.24) is 14.3 Å². The maximum Gasteiger partial charge on any atom is 0.419 e. The van der Waals surface area contributed by atoms with Crippen molar-refractivity contribution in [2.75, 3.05) is 12.4 Å². The van der Waals surface area contributed by atoms with E-state index in [0.717, 1.165) is 38.3 Å². The number of carbonyl (C=O) groups excluding carboxylic acids is 1. The fourth-order valence-corrected chi connectivity index (χ4v) is 2.93. The van der Waals surface area contributed by atoms with Gasteiger partial charge in [0.25, 0.3) is 5.88 Å². The van der Waals surface area contributed by atoms with Crippen molar-refractivity contribution in [1.29, 1.82) is 0 Å². The second-order valence-electron chi connectivity index (χ2n) is 6.75. The first-order valence-electron chi connectivity index (χ1n) is 9.13. The van der Waals surface area contributed by atoms with Crippen LogP contribution in [0, 0.1) is 11.6 Å². The van der Waals surface area contributed by atoms with E-state index in [-0.39, 0.29) is 16.9 Å². The molecular weight excluding hydrogens is 455 g/mol. The molecule has 1 heterocycles. The third-order valence-electron chi connectivity index (χ3n) is 4.41. The molecule has 0 saturated heterocycles. The Kier molecular flexibility index (Phi) is 6.33. The average Bonchev–Trinajstić information content (AvgIpc) is 2.72. The van der Waals surface area contributed by atoms with Crippen LogP contribution in [0.3, 0.4) is 0 Å². The van der Waals surface area contributed by atoms with Crippen molar-refractivity contribution in [2.45, 2.75) is 19.6 Å². The Morgan fingerprint density at radius 3 is 2.36 bits per heavy atom. The smallest absolute Gasteiger partial charge is 0.419 e. The monoisotopic (exact) mass is 470 g/mol. The summed E-state index contributed by atoms with van der Waals surface area (Å²) in [6.45, 7) is 0.536. The molecule has 1 N–H and O–H groups in total. The highest BCUT2D eigenvalue weighted by atomic mass is 19.4. The molecule has 8 nitrogen and oxygen atoms in total. The highest BCUT2D eigenvalue weighted by molar-refractivity contribution is 5.89. The van der Waals surface area contributed by atoms with Crippen LogP contribution >= 0.6 is 0 Å². The average molecular weight is 470 g/mol. The Bertz CT molecular complexity index is 1350. The molecule has 1 amide bonds. The van der Waals surface area contributed by atoms with Crippen LogP contribution in [0.5, 0.6) is 5.88 Å². The number of carbonyl (C=O) groups is 1. The summed E-state index contributed by atoms with van der Waals surface area (Å²) in [7, 11) is 1.09. The molecule has 0 aliphatic heterocycles. The van der Waals surface area contributed by atoms with Gasteiger partial charge in [0.1, 0.15) is 11.6 Å². The van der Waals surface area contributed by atoms with Gasteiger partial charge in [-0.15, -0.1) is 5.10 Å². The molecule has 1 aromatic heterocycles. The first-order chi connectivity index (χ1) is 15.4. The molecule has 0 saturated carbocycles. The lowest BCUT2D eigenvalue weighted by Gasteiger charge is -2.13. The zero-order valence-corrected chi connectivity index (χ0v) is 17.0. The minimum absolute atomic E-state index is 0.0594. The quantitative estimate of drug-likeness (QED) is 0.579. The van der Waals surface area contributed by atoms with Gasteiger partial charge in [-0.1, -0.05) is 6.07 Å². The molecule has 2 aromatic carbocycles. The number of anilines is 1. The van der Waals surface area contributed by atoms with Crippen molar-refractivity contribution in [3.8, 4) is 11.6 Å². The lowest BCUT2D eigenvalue weighted by Crippen LogP contribution is -2.41. The summed E-state index contributed by atoms with van der Waals surface area (Å²) in [5, 5.41) is 6.00. The van der Waals surface area contributed by atoms with E-state index in [1.54, 1.807) is 0 Å². The highest BCUT2D eigenvalue weighted by Gasteiger charge is 2.34. The summed E-state index contributed by atoms with van der Waals surface area (Å²) < 4.78 is 72.4. The number of nitrogens with one attached hydrogen (secondary N) is 1. The number of benzene rings is 2. The molecule has 174 valence electrons. The molecular formula is C20H15F5N4O4. The number of methoxy groups -OCH3 is 1. The molecule has 3 rings (SSSR count). The summed E-state index contributed by atoms with van der Waals surface area (Å²) in [6, 6.07) is 5.13. The lowest BCUT2D eigenvalue weighted by molar-refractivity contribution is -0.140. The Labute approximate surface area is 181 Å². The van der Waals surface area contributed by atoms with Gasteiger partial charge in [0.05, 0.1) is 30.6 Å². The summed E-state index contributed by atoms with van der Waals surface area (Å²) >= 11 is 0. The zero-order valence-electron chi connectivity index (χ0n) is 17.0. The van der Waals surface area contributed by atoms with Crippen LogP contribution in [0.4, 0.5) is 27.6 Å². The van der Waals surface area contributed by atoms with Crippen LogP contribution in [0.25, 0.3) is 5.69 Å². The van der Waals surface area contributed by atoms with E-state index >= 15 is 0 Å². The number of ether oxygens (including phenoxy) is 1. The molecule has 0 spiro atoms. The minimum Gasteiger partial charge on any atom is -0.476 e. The number of amides is 1. The van der Waals surface area contributed by atoms with Gasteiger partial charge in [-0.25, -0.2) is 18.1 Å². The summed E-state index contributed by atoms with van der Waals surface area (Å²) in [4.78, 5) is 36.8. The number of hydrogen-bond acceptors (Lipinski definition) is 5. The maximum atomic E-state index is 14.0. The van der Waals surface area contributed by atoms with Gasteiger partial charge in [0, 0.05) is 6.92 Å². The number of aromatic nitrogens is 3. The molecule has 0 aliphatic carbocycles. The molecule has 0 atom stereocenters. The molecule has 13 heteroatoms. The van der Waals surface area contributed by atoms with Gasteiger partial charge < -0.3 is 10.1 Å². The van der Waals surface area contributed by atoms with Gasteiger partial charge in [-0.2, -0.15) is 17.9 Å². The van der Waals surface area contributed by atoms with Gasteiger partial charge in [0.2, 0.25) is 5.91 Å². The van der Waals surface area contributed by atoms with Crippen LogP contribution in [-0.2, 0) is 17.5 Å². The second kappa shape index (κ2) is 8.84. The molecule has 33 heavy (non-hydrogen) atoms. The predicted molar refractivity (Wildman–Crippen MR) is 105 cm³/mol. The van der Waals surface area contributed by atoms with Crippen LogP contribution in [-0.4, -0.2) is 27.4 Å². The SMILES string of the molecule is COc1nn(-c2ccc(F)c(NC(C)=O)c2)c(=O)n(Cc2ccc(C(F)(F)F)c(F)c2)c1=O. The zero-order chi connectivity index (χ0) is 24.5. The Hall–Kier alpha value is -4.03. The van der Waals surface area contributed by atoms with Crippen molar-refractivity contribution < 1.29 is 31.5 Å². The van der Waals surface area contributed by atoms with E-state index in [0.29, 0.717) is 21.4 Å². The number of rotatable bonds is 5. The van der Waals surface area contributed by atoms with E-state index in [9.17, 15) is 36.3 Å². The predicted octanol–water partition coefficient (Wildman–Crippen LogP) is 2.71. The van der Waals surface area contributed by atoms with Gasteiger partial charge >= 0.3 is 17.4 Å². The fourth-order valence-electron chi connectivity index (χ4n) is 2.93. The normalized spacial score (nSPS) is 11.4. The van der Waals surface area contributed by atoms with Crippen LogP contribution in [0.1, 0.15) is 18.1 Å². The van der Waals surface area contributed by atoms with Crippen LogP contribution in [0.15, 0.2) is 46.0 Å². The summed E-state index contributed by atoms with van der Waals surface area (Å²) in [6.07, 6.45) is -4.92. The first kappa shape index (κ1) is 23.6. The van der Waals surface area contributed by atoms with E-state index < -0.39 is 53.0 Å². The third kappa shape index (κ3) is 4.91. The fraction of sp³-hybridized carbons (Fsp3) is 0.200. The number of hydrogen-bond donors (Lipinski definition) is 1. The van der Waals surface area contributed by atoms with E-state index in [1.807, 2.05) is 0 Å². The first-order valence-corrected chi connectivity index (χ1v) is 9.13. The maximum absolute atomic E-state index is 14.0. The Morgan fingerprint density at radius 2 is 1.79 bits per heavy atom. The molecule has 0 fully saturated rings. The summed E-state index contributed by atoms with van der Waals surface area (Å²) in [5.41, 5.74) is -4.03. The van der Waals surface area contributed by atoms with Crippen molar-refractivity contribution in [2.24, 2.45) is 0 Å². The van der Waals surface area contributed by atoms with Gasteiger partial charge in [-0.3, -0.25) is 9.59 Å². The largest absolute Gasteiger partial charge is 0.476 e. The third-order valence-corrected chi connectivity index (χ3v) is 4.41. The molecule has 0 bridgehead atoms. The van der Waals surface area contributed by atoms with Crippen LogP contribution in [0.2, 0.25) is 0 Å². The highest BCUT2D eigenvalue weighted by Crippen LogP contribution is 2.31. The van der Waals surface area contributed by atoms with E-state index in [4.69, 9.17) is 4.74 Å². The van der Waals surface area contributed by atoms with Gasteiger partial charge in [-0.05, 0) is 35.9 Å². The van der Waals surface area contributed by atoms with Crippen LogP contribution < -0.4 is 21.3 Å². The number of halogens is 5. The topological polar surface area (TPSA) is 95.2 Å². The Morgan fingerprint density at radius 1 is 1.09 bits per heavy atom. The molecule has 0 radical (unpaired) electrons. The Balaban J connectivity index is 2.13. The molecule has 0 unspecified atom stereocenters. The number of nitrogens with zero attached hydrogens (tertiary/aromatic N) is 3. The lowest BCUT2D eigenvalue weighted by atomic mass is 10.1. The second-order valence-corrected chi connectivity index (χ2v) is 6.75. The molecule has 0 aliphatic rings. The number of alkyl halides is 3. The van der Waals surface area contributed by atoms with Crippen molar-refractivity contribution in [3.05, 3.63) is 80.0 Å².